The molecule has 1 heterocycles. The fourth-order valence-electron chi connectivity index (χ4n) is 1.99. The SMILES string of the molecule is Cc1c(Cl)cccc1-n1cc(CCC(=O)O)nc1C. The van der Waals surface area contributed by atoms with Crippen LogP contribution in [0.3, 0.4) is 0 Å². The van der Waals surface area contributed by atoms with Crippen molar-refractivity contribution in [3.8, 4) is 5.69 Å². The van der Waals surface area contributed by atoms with E-state index >= 15 is 0 Å². The normalized spacial score (nSPS) is 10.7. The minimum Gasteiger partial charge on any atom is -0.481 e. The first-order chi connectivity index (χ1) is 8.99. The van der Waals surface area contributed by atoms with Crippen molar-refractivity contribution >= 4 is 17.6 Å². The van der Waals surface area contributed by atoms with Crippen molar-refractivity contribution in [2.45, 2.75) is 26.7 Å². The van der Waals surface area contributed by atoms with Crippen molar-refractivity contribution in [2.75, 3.05) is 0 Å². The first-order valence-electron chi connectivity index (χ1n) is 6.01. The van der Waals surface area contributed by atoms with Gasteiger partial charge in [-0.15, -0.1) is 0 Å². The lowest BCUT2D eigenvalue weighted by Gasteiger charge is -2.09. The number of carbonyl (C=O) groups is 1. The summed E-state index contributed by atoms with van der Waals surface area (Å²) in [6.07, 6.45) is 2.39. The maximum absolute atomic E-state index is 10.6. The topological polar surface area (TPSA) is 55.1 Å². The summed E-state index contributed by atoms with van der Waals surface area (Å²) in [7, 11) is 0. The Kier molecular flexibility index (Phi) is 3.90. The Morgan fingerprint density at radius 2 is 2.16 bits per heavy atom. The van der Waals surface area contributed by atoms with Crippen molar-refractivity contribution in [2.24, 2.45) is 0 Å². The Labute approximate surface area is 116 Å². The molecule has 0 amide bonds. The monoisotopic (exact) mass is 278 g/mol. The highest BCUT2D eigenvalue weighted by Gasteiger charge is 2.10. The number of carboxylic acids is 1. The maximum atomic E-state index is 10.6. The lowest BCUT2D eigenvalue weighted by atomic mass is 10.2. The van der Waals surface area contributed by atoms with E-state index in [0.29, 0.717) is 11.4 Å². The lowest BCUT2D eigenvalue weighted by molar-refractivity contribution is -0.136. The van der Waals surface area contributed by atoms with Crippen LogP contribution in [0, 0.1) is 13.8 Å². The van der Waals surface area contributed by atoms with Crippen LogP contribution in [0.4, 0.5) is 0 Å². The van der Waals surface area contributed by atoms with Gasteiger partial charge in [0.25, 0.3) is 0 Å². The van der Waals surface area contributed by atoms with Gasteiger partial charge in [0.2, 0.25) is 0 Å². The molecule has 0 atom stereocenters. The van der Waals surface area contributed by atoms with Crippen molar-refractivity contribution in [1.82, 2.24) is 9.55 Å². The molecule has 5 heteroatoms. The molecule has 0 saturated heterocycles. The Hall–Kier alpha value is -1.81. The predicted octanol–water partition coefficient (Wildman–Crippen LogP) is 3.16. The highest BCUT2D eigenvalue weighted by Crippen LogP contribution is 2.23. The number of rotatable bonds is 4. The Morgan fingerprint density at radius 3 is 2.84 bits per heavy atom. The van der Waals surface area contributed by atoms with Crippen LogP contribution in [0.25, 0.3) is 5.69 Å². The van der Waals surface area contributed by atoms with E-state index in [-0.39, 0.29) is 6.42 Å². The van der Waals surface area contributed by atoms with E-state index in [1.807, 2.05) is 42.8 Å². The summed E-state index contributed by atoms with van der Waals surface area (Å²) in [6, 6.07) is 5.70. The average molecular weight is 279 g/mol. The van der Waals surface area contributed by atoms with Crippen molar-refractivity contribution in [1.29, 1.82) is 0 Å². The minimum atomic E-state index is -0.814. The van der Waals surface area contributed by atoms with Crippen LogP contribution >= 0.6 is 11.6 Å². The summed E-state index contributed by atoms with van der Waals surface area (Å²) < 4.78 is 1.94. The molecule has 0 fully saturated rings. The average Bonchev–Trinajstić information content (AvgIpc) is 2.71. The zero-order valence-corrected chi connectivity index (χ0v) is 11.6. The number of carboxylic acid groups (broad SMARTS) is 1. The number of benzene rings is 1. The summed E-state index contributed by atoms with van der Waals surface area (Å²) in [5, 5.41) is 9.40. The molecule has 0 aliphatic rings. The molecule has 0 spiro atoms. The molecular formula is C14H15ClN2O2. The van der Waals surface area contributed by atoms with Gasteiger partial charge < -0.3 is 9.67 Å². The van der Waals surface area contributed by atoms with Gasteiger partial charge in [0.15, 0.2) is 0 Å². The molecule has 19 heavy (non-hydrogen) atoms. The van der Waals surface area contributed by atoms with Gasteiger partial charge in [0, 0.05) is 17.6 Å². The second-order valence-corrected chi connectivity index (χ2v) is 4.83. The van der Waals surface area contributed by atoms with Gasteiger partial charge in [-0.2, -0.15) is 0 Å². The van der Waals surface area contributed by atoms with Crippen molar-refractivity contribution in [3.05, 3.63) is 46.5 Å². The standard InChI is InChI=1S/C14H15ClN2O2/c1-9-12(15)4-3-5-13(9)17-8-11(16-10(17)2)6-7-14(18)19/h3-5,8H,6-7H2,1-2H3,(H,18,19). The number of hydrogen-bond acceptors (Lipinski definition) is 2. The fourth-order valence-corrected chi connectivity index (χ4v) is 2.16. The minimum absolute atomic E-state index is 0.0883. The summed E-state index contributed by atoms with van der Waals surface area (Å²) in [5.41, 5.74) is 2.73. The van der Waals surface area contributed by atoms with Crippen LogP contribution in [0.2, 0.25) is 5.02 Å². The molecule has 4 nitrogen and oxygen atoms in total. The van der Waals surface area contributed by atoms with E-state index in [0.717, 1.165) is 22.8 Å². The Bertz CT molecular complexity index is 620. The van der Waals surface area contributed by atoms with Crippen LogP contribution in [-0.2, 0) is 11.2 Å². The lowest BCUT2D eigenvalue weighted by Crippen LogP contribution is -1.98. The van der Waals surface area contributed by atoms with E-state index < -0.39 is 5.97 Å². The zero-order chi connectivity index (χ0) is 14.0. The van der Waals surface area contributed by atoms with Gasteiger partial charge in [0.05, 0.1) is 17.8 Å². The number of hydrogen-bond donors (Lipinski definition) is 1. The molecule has 0 aliphatic carbocycles. The van der Waals surface area contributed by atoms with Gasteiger partial charge in [0.1, 0.15) is 5.82 Å². The summed E-state index contributed by atoms with van der Waals surface area (Å²) >= 11 is 6.11. The molecule has 100 valence electrons. The van der Waals surface area contributed by atoms with Crippen LogP contribution in [-0.4, -0.2) is 20.6 Å². The first-order valence-corrected chi connectivity index (χ1v) is 6.39. The second kappa shape index (κ2) is 5.45. The highest BCUT2D eigenvalue weighted by molar-refractivity contribution is 6.31. The third kappa shape index (κ3) is 2.96. The summed E-state index contributed by atoms with van der Waals surface area (Å²) in [5.74, 6) is 0.0110. The van der Waals surface area contributed by atoms with Crippen LogP contribution in [0.15, 0.2) is 24.4 Å². The molecule has 1 N–H and O–H groups in total. The molecule has 0 radical (unpaired) electrons. The van der Waals surface area contributed by atoms with E-state index in [2.05, 4.69) is 4.98 Å². The van der Waals surface area contributed by atoms with Crippen LogP contribution in [0.5, 0.6) is 0 Å². The number of aromatic nitrogens is 2. The van der Waals surface area contributed by atoms with Gasteiger partial charge in [-0.05, 0) is 31.5 Å². The molecule has 0 bridgehead atoms. The summed E-state index contributed by atoms with van der Waals surface area (Å²) in [4.78, 5) is 15.0. The number of imidazole rings is 1. The quantitative estimate of drug-likeness (QED) is 0.935. The van der Waals surface area contributed by atoms with E-state index in [4.69, 9.17) is 16.7 Å². The second-order valence-electron chi connectivity index (χ2n) is 4.43. The van der Waals surface area contributed by atoms with E-state index in [1.165, 1.54) is 0 Å². The van der Waals surface area contributed by atoms with Crippen molar-refractivity contribution in [3.63, 3.8) is 0 Å². The van der Waals surface area contributed by atoms with E-state index in [1.54, 1.807) is 0 Å². The molecule has 0 unspecified atom stereocenters. The molecule has 2 rings (SSSR count). The Morgan fingerprint density at radius 1 is 1.42 bits per heavy atom. The Balaban J connectivity index is 2.35. The fraction of sp³-hybridized carbons (Fsp3) is 0.286. The summed E-state index contributed by atoms with van der Waals surface area (Å²) in [6.45, 7) is 3.85. The van der Waals surface area contributed by atoms with Gasteiger partial charge in [-0.3, -0.25) is 4.79 Å². The maximum Gasteiger partial charge on any atom is 0.303 e. The molecule has 1 aromatic heterocycles. The molecule has 0 aliphatic heterocycles. The van der Waals surface area contributed by atoms with Crippen molar-refractivity contribution < 1.29 is 9.90 Å². The molecular weight excluding hydrogens is 264 g/mol. The van der Waals surface area contributed by atoms with Gasteiger partial charge in [-0.25, -0.2) is 4.98 Å². The largest absolute Gasteiger partial charge is 0.481 e. The third-order valence-corrected chi connectivity index (χ3v) is 3.44. The van der Waals surface area contributed by atoms with Gasteiger partial charge >= 0.3 is 5.97 Å². The van der Waals surface area contributed by atoms with E-state index in [9.17, 15) is 4.79 Å². The smallest absolute Gasteiger partial charge is 0.303 e. The molecule has 0 saturated carbocycles. The molecule has 2 aromatic rings. The highest BCUT2D eigenvalue weighted by atomic mass is 35.5. The molecule has 1 aromatic carbocycles. The zero-order valence-electron chi connectivity index (χ0n) is 10.9. The van der Waals surface area contributed by atoms with Gasteiger partial charge in [-0.1, -0.05) is 17.7 Å². The van der Waals surface area contributed by atoms with Crippen LogP contribution < -0.4 is 0 Å². The number of halogens is 1. The first kappa shape index (κ1) is 13.6. The predicted molar refractivity (Wildman–Crippen MR) is 74.0 cm³/mol. The van der Waals surface area contributed by atoms with Crippen LogP contribution in [0.1, 0.15) is 23.5 Å². The number of aliphatic carboxylic acids is 1. The number of nitrogens with zero attached hydrogens (tertiary/aromatic N) is 2. The number of aryl methyl sites for hydroxylation is 2. The third-order valence-electron chi connectivity index (χ3n) is 3.03.